The molecule has 0 bridgehead atoms. The molecule has 0 spiro atoms. The van der Waals surface area contributed by atoms with Gasteiger partial charge >= 0.3 is 5.91 Å². The second-order valence-electron chi connectivity index (χ2n) is 2.55. The Labute approximate surface area is 71.5 Å². The summed E-state index contributed by atoms with van der Waals surface area (Å²) in [4.78, 5) is 21.7. The topological polar surface area (TPSA) is 37.4 Å². The number of fused-ring (bicyclic) bond motifs is 1. The molecule has 0 fully saturated rings. The number of Topliss-reactive ketones (excluding diaryl/α,β-unsaturated/α-hetero) is 1. The van der Waals surface area contributed by atoms with E-state index in [1.807, 2.05) is 0 Å². The zero-order valence-corrected chi connectivity index (χ0v) is 6.25. The van der Waals surface area contributed by atoms with Gasteiger partial charge in [-0.3, -0.25) is 9.59 Å². The van der Waals surface area contributed by atoms with Gasteiger partial charge in [-0.15, -0.1) is 5.12 Å². The quantitative estimate of drug-likeness (QED) is 0.448. The maximum atomic E-state index is 12.9. The van der Waals surface area contributed by atoms with E-state index in [-0.39, 0.29) is 10.8 Å². The van der Waals surface area contributed by atoms with Crippen LogP contribution in [-0.2, 0) is 4.79 Å². The number of anilines is 1. The summed E-state index contributed by atoms with van der Waals surface area (Å²) in [5.41, 5.74) is -0.815. The van der Waals surface area contributed by atoms with Gasteiger partial charge in [-0.05, 0) is 12.1 Å². The van der Waals surface area contributed by atoms with Gasteiger partial charge < -0.3 is 0 Å². The van der Waals surface area contributed by atoms with Crippen LogP contribution in [0.2, 0.25) is 0 Å². The molecule has 0 radical (unpaired) electrons. The fourth-order valence-electron chi connectivity index (χ4n) is 1.21. The van der Waals surface area contributed by atoms with Gasteiger partial charge in [0.25, 0.3) is 5.78 Å². The summed E-state index contributed by atoms with van der Waals surface area (Å²) in [6.07, 6.45) is 0. The highest BCUT2D eigenvalue weighted by Crippen LogP contribution is 2.30. The Kier molecular flexibility index (Phi) is 1.42. The van der Waals surface area contributed by atoms with Gasteiger partial charge in [0.1, 0.15) is 5.82 Å². The van der Waals surface area contributed by atoms with E-state index >= 15 is 0 Å². The molecule has 0 N–H and O–H groups in total. The molecular weight excluding hydrogens is 180 g/mol. The molecule has 3 nitrogen and oxygen atoms in total. The van der Waals surface area contributed by atoms with Crippen molar-refractivity contribution in [1.82, 2.24) is 0 Å². The monoisotopic (exact) mass is 183 g/mol. The highest BCUT2D eigenvalue weighted by Gasteiger charge is 2.38. The van der Waals surface area contributed by atoms with Gasteiger partial charge in [0.15, 0.2) is 0 Å². The fraction of sp³-hybridized carbons (Fsp3) is 0. The smallest absolute Gasteiger partial charge is 0.283 e. The van der Waals surface area contributed by atoms with E-state index in [0.29, 0.717) is 0 Å². The first-order valence-corrected chi connectivity index (χ1v) is 3.46. The Balaban J connectivity index is 2.73. The molecule has 0 saturated heterocycles. The number of hydrogen-bond acceptors (Lipinski definition) is 2. The molecule has 13 heavy (non-hydrogen) atoms. The number of ketones is 1. The first-order chi connectivity index (χ1) is 6.13. The third-order valence-corrected chi connectivity index (χ3v) is 1.80. The molecular formula is C8H3F2NO2. The van der Waals surface area contributed by atoms with Crippen LogP contribution >= 0.6 is 0 Å². The summed E-state index contributed by atoms with van der Waals surface area (Å²) in [5.74, 6) is -3.37. The summed E-state index contributed by atoms with van der Waals surface area (Å²) >= 11 is 0. The number of carbonyl (C=O) groups is 2. The highest BCUT2D eigenvalue weighted by atomic mass is 19.2. The fourth-order valence-corrected chi connectivity index (χ4v) is 1.21. The van der Waals surface area contributed by atoms with Crippen LogP contribution in [-0.4, -0.2) is 11.7 Å². The molecule has 0 atom stereocenters. The van der Waals surface area contributed by atoms with E-state index in [0.717, 1.165) is 6.07 Å². The predicted molar refractivity (Wildman–Crippen MR) is 39.3 cm³/mol. The second kappa shape index (κ2) is 2.35. The van der Waals surface area contributed by atoms with Crippen molar-refractivity contribution in [3.05, 3.63) is 29.6 Å². The summed E-state index contributed by atoms with van der Waals surface area (Å²) in [5, 5.41) is -0.346. The summed E-state index contributed by atoms with van der Waals surface area (Å²) in [6.45, 7) is 0. The molecule has 1 aliphatic rings. The SMILES string of the molecule is O=C1C(=O)N(F)c2cccc(F)c21. The van der Waals surface area contributed by atoms with Crippen molar-refractivity contribution < 1.29 is 18.5 Å². The Morgan fingerprint density at radius 2 is 1.92 bits per heavy atom. The number of rotatable bonds is 0. The zero-order valence-electron chi connectivity index (χ0n) is 6.25. The van der Waals surface area contributed by atoms with Crippen LogP contribution in [0.4, 0.5) is 14.6 Å². The van der Waals surface area contributed by atoms with Crippen LogP contribution in [0.5, 0.6) is 0 Å². The second-order valence-corrected chi connectivity index (χ2v) is 2.55. The van der Waals surface area contributed by atoms with Crippen LogP contribution in [0.1, 0.15) is 10.4 Å². The Hall–Kier alpha value is -1.78. The molecule has 0 saturated carbocycles. The third-order valence-electron chi connectivity index (χ3n) is 1.80. The standard InChI is InChI=1S/C8H3F2NO2/c9-4-2-1-3-5-6(4)7(12)8(13)11(5)10/h1-3H. The van der Waals surface area contributed by atoms with Crippen molar-refractivity contribution in [2.75, 3.05) is 5.12 Å². The lowest BCUT2D eigenvalue weighted by atomic mass is 10.1. The van der Waals surface area contributed by atoms with Gasteiger partial charge in [-0.1, -0.05) is 10.5 Å². The molecule has 0 aromatic heterocycles. The Bertz CT molecular complexity index is 417. The molecule has 1 aromatic carbocycles. The Morgan fingerprint density at radius 1 is 1.23 bits per heavy atom. The van der Waals surface area contributed by atoms with Crippen LogP contribution < -0.4 is 5.12 Å². The normalized spacial score (nSPS) is 15.1. The summed E-state index contributed by atoms with van der Waals surface area (Å²) in [6, 6.07) is 3.40. The third kappa shape index (κ3) is 0.867. The van der Waals surface area contributed by atoms with Gasteiger partial charge in [0, 0.05) is 0 Å². The molecule has 0 unspecified atom stereocenters. The number of benzene rings is 1. The predicted octanol–water partition coefficient (Wildman–Crippen LogP) is 1.24. The van der Waals surface area contributed by atoms with E-state index < -0.39 is 23.1 Å². The number of amides is 1. The van der Waals surface area contributed by atoms with E-state index in [9.17, 15) is 18.5 Å². The van der Waals surface area contributed by atoms with E-state index in [1.165, 1.54) is 12.1 Å². The van der Waals surface area contributed by atoms with Gasteiger partial charge in [0.05, 0.1) is 11.3 Å². The lowest BCUT2D eigenvalue weighted by Gasteiger charge is -2.01. The zero-order chi connectivity index (χ0) is 9.59. The summed E-state index contributed by atoms with van der Waals surface area (Å²) in [7, 11) is 0. The van der Waals surface area contributed by atoms with Crippen LogP contribution in [0.15, 0.2) is 18.2 Å². The van der Waals surface area contributed by atoms with Crippen molar-refractivity contribution in [1.29, 1.82) is 0 Å². The number of halogens is 2. The highest BCUT2D eigenvalue weighted by molar-refractivity contribution is 6.51. The van der Waals surface area contributed by atoms with Crippen molar-refractivity contribution in [2.24, 2.45) is 0 Å². The molecule has 1 heterocycles. The van der Waals surface area contributed by atoms with Crippen LogP contribution in [0.3, 0.4) is 0 Å². The lowest BCUT2D eigenvalue weighted by molar-refractivity contribution is -0.116. The minimum absolute atomic E-state index is 0.324. The maximum Gasteiger partial charge on any atom is 0.327 e. The number of hydrogen-bond donors (Lipinski definition) is 0. The molecule has 66 valence electrons. The average Bonchev–Trinajstić information content (AvgIpc) is 2.33. The molecule has 5 heteroatoms. The van der Waals surface area contributed by atoms with E-state index in [1.54, 1.807) is 0 Å². The van der Waals surface area contributed by atoms with Crippen LogP contribution in [0, 0.1) is 5.82 Å². The van der Waals surface area contributed by atoms with Crippen molar-refractivity contribution in [2.45, 2.75) is 0 Å². The minimum Gasteiger partial charge on any atom is -0.283 e. The first-order valence-electron chi connectivity index (χ1n) is 3.46. The minimum atomic E-state index is -1.35. The van der Waals surface area contributed by atoms with Crippen molar-refractivity contribution >= 4 is 17.4 Å². The van der Waals surface area contributed by atoms with Gasteiger partial charge in [0.2, 0.25) is 0 Å². The lowest BCUT2D eigenvalue weighted by Crippen LogP contribution is -2.20. The van der Waals surface area contributed by atoms with E-state index in [2.05, 4.69) is 0 Å². The molecule has 0 aliphatic carbocycles. The van der Waals surface area contributed by atoms with Crippen LogP contribution in [0.25, 0.3) is 0 Å². The Morgan fingerprint density at radius 3 is 2.54 bits per heavy atom. The number of nitrogens with zero attached hydrogens (tertiary/aromatic N) is 1. The largest absolute Gasteiger partial charge is 0.327 e. The average molecular weight is 183 g/mol. The summed E-state index contributed by atoms with van der Waals surface area (Å²) < 4.78 is 25.8. The van der Waals surface area contributed by atoms with Crippen molar-refractivity contribution in [3.63, 3.8) is 0 Å². The molecule has 2 rings (SSSR count). The molecule has 1 aromatic rings. The molecule has 1 amide bonds. The van der Waals surface area contributed by atoms with Gasteiger partial charge in [-0.25, -0.2) is 4.39 Å². The van der Waals surface area contributed by atoms with Gasteiger partial charge in [-0.2, -0.15) is 0 Å². The van der Waals surface area contributed by atoms with E-state index in [4.69, 9.17) is 0 Å². The maximum absolute atomic E-state index is 12.9. The number of carbonyl (C=O) groups excluding carboxylic acids is 2. The molecule has 1 aliphatic heterocycles. The first kappa shape index (κ1) is 7.85. The van der Waals surface area contributed by atoms with Crippen molar-refractivity contribution in [3.8, 4) is 0 Å².